The number of hydrogen-bond acceptors (Lipinski definition) is 2. The largest absolute Gasteiger partial charge is 0.398 e. The summed E-state index contributed by atoms with van der Waals surface area (Å²) in [4.78, 5) is 14.6. The van der Waals surface area contributed by atoms with Gasteiger partial charge in [0.25, 0.3) is 5.91 Å². The van der Waals surface area contributed by atoms with Gasteiger partial charge >= 0.3 is 0 Å². The van der Waals surface area contributed by atoms with Gasteiger partial charge in [0, 0.05) is 22.7 Å². The van der Waals surface area contributed by atoms with Crippen LogP contribution in [0.3, 0.4) is 0 Å². The maximum absolute atomic E-state index is 12.6. The Balaban J connectivity index is 1.83. The molecule has 2 aliphatic carbocycles. The van der Waals surface area contributed by atoms with E-state index in [1.165, 1.54) is 12.8 Å². The van der Waals surface area contributed by atoms with E-state index < -0.39 is 0 Å². The van der Waals surface area contributed by atoms with E-state index in [0.717, 1.165) is 29.8 Å². The van der Waals surface area contributed by atoms with E-state index in [1.807, 2.05) is 17.0 Å². The van der Waals surface area contributed by atoms with Crippen molar-refractivity contribution in [2.75, 3.05) is 12.3 Å². The Morgan fingerprint density at radius 2 is 2.06 bits per heavy atom. The first-order valence-electron chi connectivity index (χ1n) is 6.51. The molecule has 2 N–H and O–H groups in total. The number of amides is 1. The molecule has 0 spiro atoms. The van der Waals surface area contributed by atoms with Gasteiger partial charge in [0.2, 0.25) is 0 Å². The summed E-state index contributed by atoms with van der Waals surface area (Å²) in [5, 5.41) is 0. The fourth-order valence-electron chi connectivity index (χ4n) is 2.23. The van der Waals surface area contributed by atoms with Gasteiger partial charge in [-0.3, -0.25) is 4.79 Å². The van der Waals surface area contributed by atoms with E-state index in [2.05, 4.69) is 15.9 Å². The van der Waals surface area contributed by atoms with Gasteiger partial charge in [-0.05, 0) is 49.8 Å². The van der Waals surface area contributed by atoms with Gasteiger partial charge in [0.1, 0.15) is 0 Å². The summed E-state index contributed by atoms with van der Waals surface area (Å²) >= 11 is 3.40. The molecule has 1 aromatic carbocycles. The normalized spacial score (nSPS) is 18.7. The molecular formula is C14H17BrN2O. The molecule has 3 rings (SSSR count). The molecule has 0 saturated heterocycles. The van der Waals surface area contributed by atoms with E-state index in [0.29, 0.717) is 17.3 Å². The number of anilines is 1. The van der Waals surface area contributed by atoms with Crippen LogP contribution in [0.4, 0.5) is 5.69 Å². The predicted octanol–water partition coefficient (Wildman–Crippen LogP) is 3.05. The second-order valence-electron chi connectivity index (χ2n) is 5.36. The zero-order valence-corrected chi connectivity index (χ0v) is 11.8. The maximum Gasteiger partial charge on any atom is 0.256 e. The van der Waals surface area contributed by atoms with Crippen molar-refractivity contribution < 1.29 is 4.79 Å². The van der Waals surface area contributed by atoms with Crippen molar-refractivity contribution in [1.82, 2.24) is 4.90 Å². The van der Waals surface area contributed by atoms with Crippen LogP contribution < -0.4 is 5.73 Å². The average molecular weight is 309 g/mol. The van der Waals surface area contributed by atoms with Crippen LogP contribution in [0.5, 0.6) is 0 Å². The average Bonchev–Trinajstić information content (AvgIpc) is 3.21. The molecule has 0 aromatic heterocycles. The van der Waals surface area contributed by atoms with Crippen LogP contribution in [0.25, 0.3) is 0 Å². The first-order valence-corrected chi connectivity index (χ1v) is 7.30. The summed E-state index contributed by atoms with van der Waals surface area (Å²) in [6.07, 6.45) is 4.83. The number of rotatable bonds is 4. The lowest BCUT2D eigenvalue weighted by Gasteiger charge is -2.23. The number of hydrogen-bond donors (Lipinski definition) is 1. The van der Waals surface area contributed by atoms with Gasteiger partial charge in [-0.15, -0.1) is 0 Å². The second-order valence-corrected chi connectivity index (χ2v) is 6.28. The fraction of sp³-hybridized carbons (Fsp3) is 0.500. The zero-order chi connectivity index (χ0) is 12.7. The topological polar surface area (TPSA) is 46.3 Å². The van der Waals surface area contributed by atoms with E-state index in [-0.39, 0.29) is 5.91 Å². The number of benzene rings is 1. The molecular weight excluding hydrogens is 292 g/mol. The Labute approximate surface area is 115 Å². The number of carbonyl (C=O) groups excluding carboxylic acids is 1. The van der Waals surface area contributed by atoms with Gasteiger partial charge in [-0.25, -0.2) is 0 Å². The third-order valence-corrected chi connectivity index (χ3v) is 4.14. The van der Waals surface area contributed by atoms with Crippen molar-refractivity contribution in [3.8, 4) is 0 Å². The fourth-order valence-corrected chi connectivity index (χ4v) is 2.59. The lowest BCUT2D eigenvalue weighted by atomic mass is 10.1. The van der Waals surface area contributed by atoms with E-state index in [4.69, 9.17) is 5.73 Å². The molecule has 0 heterocycles. The lowest BCUT2D eigenvalue weighted by Crippen LogP contribution is -2.35. The number of nitrogens with zero attached hydrogens (tertiary/aromatic N) is 1. The standard InChI is InChI=1S/C14H17BrN2O/c15-10-3-6-13(16)12(7-10)14(18)17(11-4-5-11)8-9-1-2-9/h3,6-7,9,11H,1-2,4-5,8,16H2. The van der Waals surface area contributed by atoms with Crippen molar-refractivity contribution in [2.45, 2.75) is 31.7 Å². The number of nitrogens with two attached hydrogens (primary N) is 1. The van der Waals surface area contributed by atoms with E-state index in [9.17, 15) is 4.79 Å². The molecule has 2 aliphatic rings. The van der Waals surface area contributed by atoms with Crippen LogP contribution in [0.2, 0.25) is 0 Å². The Morgan fingerprint density at radius 3 is 2.67 bits per heavy atom. The van der Waals surface area contributed by atoms with Crippen LogP contribution in [0.1, 0.15) is 36.0 Å². The molecule has 0 radical (unpaired) electrons. The molecule has 0 aliphatic heterocycles. The highest BCUT2D eigenvalue weighted by molar-refractivity contribution is 9.10. The third-order valence-electron chi connectivity index (χ3n) is 3.65. The van der Waals surface area contributed by atoms with Crippen LogP contribution in [-0.2, 0) is 0 Å². The molecule has 2 fully saturated rings. The SMILES string of the molecule is Nc1ccc(Br)cc1C(=O)N(CC1CC1)C1CC1. The highest BCUT2D eigenvalue weighted by Gasteiger charge is 2.37. The lowest BCUT2D eigenvalue weighted by molar-refractivity contribution is 0.0736. The molecule has 1 aromatic rings. The van der Waals surface area contributed by atoms with Crippen molar-refractivity contribution >= 4 is 27.5 Å². The highest BCUT2D eigenvalue weighted by Crippen LogP contribution is 2.36. The van der Waals surface area contributed by atoms with E-state index in [1.54, 1.807) is 6.07 Å². The van der Waals surface area contributed by atoms with Gasteiger partial charge in [-0.1, -0.05) is 15.9 Å². The van der Waals surface area contributed by atoms with Crippen molar-refractivity contribution in [3.63, 3.8) is 0 Å². The maximum atomic E-state index is 12.6. The molecule has 96 valence electrons. The Bertz CT molecular complexity index is 481. The van der Waals surface area contributed by atoms with Crippen molar-refractivity contribution in [2.24, 2.45) is 5.92 Å². The third kappa shape index (κ3) is 2.53. The van der Waals surface area contributed by atoms with Crippen LogP contribution >= 0.6 is 15.9 Å². The molecule has 0 unspecified atom stereocenters. The molecule has 1 amide bonds. The molecule has 4 heteroatoms. The first kappa shape index (κ1) is 12.0. The van der Waals surface area contributed by atoms with Gasteiger partial charge in [-0.2, -0.15) is 0 Å². The molecule has 0 atom stereocenters. The summed E-state index contributed by atoms with van der Waals surface area (Å²) in [6.45, 7) is 0.912. The van der Waals surface area contributed by atoms with Crippen molar-refractivity contribution in [1.29, 1.82) is 0 Å². The quantitative estimate of drug-likeness (QED) is 0.869. The summed E-state index contributed by atoms with van der Waals surface area (Å²) < 4.78 is 0.905. The summed E-state index contributed by atoms with van der Waals surface area (Å²) in [5.41, 5.74) is 7.14. The minimum absolute atomic E-state index is 0.100. The number of halogens is 1. The summed E-state index contributed by atoms with van der Waals surface area (Å²) in [7, 11) is 0. The summed E-state index contributed by atoms with van der Waals surface area (Å²) in [5.74, 6) is 0.825. The molecule has 2 saturated carbocycles. The highest BCUT2D eigenvalue weighted by atomic mass is 79.9. The van der Waals surface area contributed by atoms with Gasteiger partial charge < -0.3 is 10.6 Å². The smallest absolute Gasteiger partial charge is 0.256 e. The number of nitrogen functional groups attached to an aromatic ring is 1. The first-order chi connectivity index (χ1) is 8.65. The van der Waals surface area contributed by atoms with Gasteiger partial charge in [0.15, 0.2) is 0 Å². The van der Waals surface area contributed by atoms with Crippen LogP contribution in [0, 0.1) is 5.92 Å². The zero-order valence-electron chi connectivity index (χ0n) is 10.2. The summed E-state index contributed by atoms with van der Waals surface area (Å²) in [6, 6.07) is 5.95. The van der Waals surface area contributed by atoms with Crippen molar-refractivity contribution in [3.05, 3.63) is 28.2 Å². The van der Waals surface area contributed by atoms with Crippen LogP contribution in [-0.4, -0.2) is 23.4 Å². The van der Waals surface area contributed by atoms with Gasteiger partial charge in [0.05, 0.1) is 5.56 Å². The molecule has 18 heavy (non-hydrogen) atoms. The Hall–Kier alpha value is -1.03. The monoisotopic (exact) mass is 308 g/mol. The molecule has 0 bridgehead atoms. The Kier molecular flexibility index (Phi) is 3.06. The molecule has 3 nitrogen and oxygen atoms in total. The van der Waals surface area contributed by atoms with Crippen LogP contribution in [0.15, 0.2) is 22.7 Å². The minimum atomic E-state index is 0.100. The van der Waals surface area contributed by atoms with E-state index >= 15 is 0 Å². The minimum Gasteiger partial charge on any atom is -0.398 e. The Morgan fingerprint density at radius 1 is 1.33 bits per heavy atom. The number of carbonyl (C=O) groups is 1. The second kappa shape index (κ2) is 4.57. The predicted molar refractivity (Wildman–Crippen MR) is 75.3 cm³/mol.